The van der Waals surface area contributed by atoms with Crippen LogP contribution in [-0.4, -0.2) is 17.2 Å². The highest BCUT2D eigenvalue weighted by molar-refractivity contribution is 7.10. The average molecular weight is 340 g/mol. The van der Waals surface area contributed by atoms with Gasteiger partial charge in [-0.15, -0.1) is 11.3 Å². The van der Waals surface area contributed by atoms with E-state index in [1.165, 1.54) is 11.3 Å². The van der Waals surface area contributed by atoms with Crippen molar-refractivity contribution in [2.24, 2.45) is 0 Å². The van der Waals surface area contributed by atoms with Crippen molar-refractivity contribution in [3.05, 3.63) is 57.2 Å². The van der Waals surface area contributed by atoms with Crippen molar-refractivity contribution in [1.29, 1.82) is 0 Å². The number of thiophene rings is 1. The predicted octanol–water partition coefficient (Wildman–Crippen LogP) is 3.84. The van der Waals surface area contributed by atoms with E-state index in [2.05, 4.69) is 5.32 Å². The Balaban J connectivity index is 1.96. The van der Waals surface area contributed by atoms with E-state index in [0.717, 1.165) is 5.56 Å². The number of alkyl carbamates (subject to hydrolysis) is 1. The van der Waals surface area contributed by atoms with Gasteiger partial charge >= 0.3 is 12.1 Å². The number of carbonyl (C=O) groups is 2. The zero-order valence-electron chi connectivity index (χ0n) is 11.5. The van der Waals surface area contributed by atoms with E-state index in [4.69, 9.17) is 21.4 Å². The third kappa shape index (κ3) is 4.75. The molecular formula is C15H14ClNO4S. The van der Waals surface area contributed by atoms with Crippen LogP contribution in [0.3, 0.4) is 0 Å². The van der Waals surface area contributed by atoms with Crippen molar-refractivity contribution in [1.82, 2.24) is 5.32 Å². The molecule has 1 amide bonds. The lowest BCUT2D eigenvalue weighted by Crippen LogP contribution is -2.30. The van der Waals surface area contributed by atoms with Gasteiger partial charge in [-0.3, -0.25) is 4.79 Å². The van der Waals surface area contributed by atoms with Gasteiger partial charge in [0.1, 0.15) is 6.61 Å². The normalized spacial score (nSPS) is 11.7. The summed E-state index contributed by atoms with van der Waals surface area (Å²) >= 11 is 7.29. The first-order valence-electron chi connectivity index (χ1n) is 6.48. The van der Waals surface area contributed by atoms with E-state index in [-0.39, 0.29) is 13.0 Å². The molecular weight excluding hydrogens is 326 g/mol. The Labute approximate surface area is 136 Å². The van der Waals surface area contributed by atoms with Crippen LogP contribution < -0.4 is 5.32 Å². The maximum absolute atomic E-state index is 11.9. The summed E-state index contributed by atoms with van der Waals surface area (Å²) in [6, 6.07) is 10.2. The first-order valence-corrected chi connectivity index (χ1v) is 7.74. The SMILES string of the molecule is O=C(O)C[C@@H](NC(=O)OCc1ccccc1)c1sccc1Cl. The highest BCUT2D eigenvalue weighted by Gasteiger charge is 2.22. The molecule has 0 fully saturated rings. The summed E-state index contributed by atoms with van der Waals surface area (Å²) in [5, 5.41) is 13.7. The minimum absolute atomic E-state index is 0.116. The molecule has 22 heavy (non-hydrogen) atoms. The lowest BCUT2D eigenvalue weighted by molar-refractivity contribution is -0.137. The lowest BCUT2D eigenvalue weighted by Gasteiger charge is -2.16. The fourth-order valence-corrected chi connectivity index (χ4v) is 3.09. The predicted molar refractivity (Wildman–Crippen MR) is 84.1 cm³/mol. The molecule has 0 bridgehead atoms. The van der Waals surface area contributed by atoms with Crippen molar-refractivity contribution >= 4 is 35.0 Å². The largest absolute Gasteiger partial charge is 0.481 e. The van der Waals surface area contributed by atoms with E-state index in [1.54, 1.807) is 11.4 Å². The number of hydrogen-bond acceptors (Lipinski definition) is 4. The molecule has 116 valence electrons. The zero-order chi connectivity index (χ0) is 15.9. The Kier molecular flexibility index (Phi) is 5.80. The van der Waals surface area contributed by atoms with E-state index in [1.807, 2.05) is 30.3 Å². The molecule has 0 aliphatic heterocycles. The zero-order valence-corrected chi connectivity index (χ0v) is 13.1. The summed E-state index contributed by atoms with van der Waals surface area (Å²) in [5.41, 5.74) is 0.849. The number of rotatable bonds is 6. The third-order valence-electron chi connectivity index (χ3n) is 2.84. The van der Waals surface area contributed by atoms with E-state index in [0.29, 0.717) is 9.90 Å². The quantitative estimate of drug-likeness (QED) is 0.838. The molecule has 1 heterocycles. The summed E-state index contributed by atoms with van der Waals surface area (Å²) in [7, 11) is 0. The van der Waals surface area contributed by atoms with E-state index >= 15 is 0 Å². The Morgan fingerprint density at radius 1 is 1.27 bits per heavy atom. The van der Waals surface area contributed by atoms with Gasteiger partial charge < -0.3 is 15.2 Å². The van der Waals surface area contributed by atoms with Crippen LogP contribution in [0.4, 0.5) is 4.79 Å². The van der Waals surface area contributed by atoms with Crippen LogP contribution in [0.15, 0.2) is 41.8 Å². The number of nitrogens with one attached hydrogen (secondary N) is 1. The summed E-state index contributed by atoms with van der Waals surface area (Å²) in [6.45, 7) is 0.116. The van der Waals surface area contributed by atoms with Crippen LogP contribution in [0.1, 0.15) is 22.9 Å². The van der Waals surface area contributed by atoms with Crippen LogP contribution in [0, 0.1) is 0 Å². The van der Waals surface area contributed by atoms with Crippen molar-refractivity contribution < 1.29 is 19.4 Å². The number of halogens is 1. The second-order valence-corrected chi connectivity index (χ2v) is 5.84. The standard InChI is InChI=1S/C15H14ClNO4S/c16-11-6-7-22-14(11)12(8-13(18)19)17-15(20)21-9-10-4-2-1-3-5-10/h1-7,12H,8-9H2,(H,17,20)(H,18,19)/t12-/m1/s1. The molecule has 5 nitrogen and oxygen atoms in total. The Hall–Kier alpha value is -2.05. The summed E-state index contributed by atoms with van der Waals surface area (Å²) in [4.78, 5) is 23.4. The molecule has 2 rings (SSSR count). The molecule has 0 saturated carbocycles. The number of ether oxygens (including phenoxy) is 1. The molecule has 0 unspecified atom stereocenters. The number of hydrogen-bond donors (Lipinski definition) is 2. The van der Waals surface area contributed by atoms with Gasteiger partial charge in [0, 0.05) is 4.88 Å². The van der Waals surface area contributed by atoms with Gasteiger partial charge in [0.15, 0.2) is 0 Å². The minimum atomic E-state index is -1.03. The van der Waals surface area contributed by atoms with Crippen molar-refractivity contribution in [3.8, 4) is 0 Å². The summed E-state index contributed by atoms with van der Waals surface area (Å²) in [6.07, 6.45) is -0.944. The summed E-state index contributed by atoms with van der Waals surface area (Å²) in [5.74, 6) is -1.03. The lowest BCUT2D eigenvalue weighted by atomic mass is 10.2. The number of carboxylic acid groups (broad SMARTS) is 1. The van der Waals surface area contributed by atoms with Gasteiger partial charge in [0.2, 0.25) is 0 Å². The van der Waals surface area contributed by atoms with E-state index < -0.39 is 18.1 Å². The molecule has 2 N–H and O–H groups in total. The molecule has 1 aromatic carbocycles. The number of carbonyl (C=O) groups excluding carboxylic acids is 1. The summed E-state index contributed by atoms with van der Waals surface area (Å²) < 4.78 is 5.10. The van der Waals surface area contributed by atoms with Crippen molar-refractivity contribution in [3.63, 3.8) is 0 Å². The van der Waals surface area contributed by atoms with Gasteiger partial charge in [-0.25, -0.2) is 4.79 Å². The Bertz CT molecular complexity index is 644. The van der Waals surface area contributed by atoms with E-state index in [9.17, 15) is 9.59 Å². The number of aliphatic carboxylic acids is 1. The molecule has 0 aliphatic carbocycles. The molecule has 0 radical (unpaired) electrons. The van der Waals surface area contributed by atoms with Crippen molar-refractivity contribution in [2.45, 2.75) is 19.1 Å². The molecule has 0 saturated heterocycles. The molecule has 0 aliphatic rings. The van der Waals surface area contributed by atoms with Crippen LogP contribution >= 0.6 is 22.9 Å². The molecule has 2 aromatic rings. The van der Waals surface area contributed by atoms with Crippen LogP contribution in [0.2, 0.25) is 5.02 Å². The third-order valence-corrected chi connectivity index (χ3v) is 4.32. The smallest absolute Gasteiger partial charge is 0.407 e. The van der Waals surface area contributed by atoms with Gasteiger partial charge in [-0.05, 0) is 17.0 Å². The molecule has 0 spiro atoms. The maximum Gasteiger partial charge on any atom is 0.407 e. The molecule has 1 aromatic heterocycles. The first kappa shape index (κ1) is 16.3. The van der Waals surface area contributed by atoms with Gasteiger partial charge in [0.05, 0.1) is 17.5 Å². The van der Waals surface area contributed by atoms with Crippen LogP contribution in [0.5, 0.6) is 0 Å². The first-order chi connectivity index (χ1) is 10.6. The maximum atomic E-state index is 11.9. The minimum Gasteiger partial charge on any atom is -0.481 e. The topological polar surface area (TPSA) is 75.6 Å². The monoisotopic (exact) mass is 339 g/mol. The van der Waals surface area contributed by atoms with Crippen LogP contribution in [-0.2, 0) is 16.1 Å². The number of benzene rings is 1. The van der Waals surface area contributed by atoms with Crippen molar-refractivity contribution in [2.75, 3.05) is 0 Å². The fourth-order valence-electron chi connectivity index (χ4n) is 1.85. The van der Waals surface area contributed by atoms with Gasteiger partial charge in [-0.1, -0.05) is 41.9 Å². The second-order valence-electron chi connectivity index (χ2n) is 4.49. The van der Waals surface area contributed by atoms with Gasteiger partial charge in [-0.2, -0.15) is 0 Å². The van der Waals surface area contributed by atoms with Crippen LogP contribution in [0.25, 0.3) is 0 Å². The highest BCUT2D eigenvalue weighted by atomic mass is 35.5. The highest BCUT2D eigenvalue weighted by Crippen LogP contribution is 2.30. The Morgan fingerprint density at radius 2 is 2.00 bits per heavy atom. The number of carboxylic acids is 1. The molecule has 1 atom stereocenters. The average Bonchev–Trinajstić information content (AvgIpc) is 2.91. The number of amides is 1. The Morgan fingerprint density at radius 3 is 2.59 bits per heavy atom. The van der Waals surface area contributed by atoms with Gasteiger partial charge in [0.25, 0.3) is 0 Å². The fraction of sp³-hybridized carbons (Fsp3) is 0.200. The second kappa shape index (κ2) is 7.82. The molecule has 7 heteroatoms.